The summed E-state index contributed by atoms with van der Waals surface area (Å²) in [7, 11) is -1.50. The Labute approximate surface area is 111 Å². The Morgan fingerprint density at radius 3 is 2.68 bits per heavy atom. The zero-order valence-electron chi connectivity index (χ0n) is 10.5. The number of anilines is 1. The van der Waals surface area contributed by atoms with Crippen LogP contribution in [0.2, 0.25) is 0 Å². The largest absolute Gasteiger partial charge is 0.481 e. The van der Waals surface area contributed by atoms with Gasteiger partial charge in [0.25, 0.3) is 0 Å². The van der Waals surface area contributed by atoms with Gasteiger partial charge >= 0.3 is 6.03 Å². The molecule has 19 heavy (non-hydrogen) atoms. The summed E-state index contributed by atoms with van der Waals surface area (Å²) in [4.78, 5) is 17.4. The van der Waals surface area contributed by atoms with Crippen LogP contribution in [0.4, 0.5) is 10.6 Å². The first-order valence-corrected chi connectivity index (χ1v) is 7.60. The molecule has 2 amide bonds. The van der Waals surface area contributed by atoms with Crippen LogP contribution >= 0.6 is 0 Å². The van der Waals surface area contributed by atoms with Crippen molar-refractivity contribution in [3.8, 4) is 5.88 Å². The van der Waals surface area contributed by atoms with Crippen LogP contribution in [0.3, 0.4) is 0 Å². The topological polar surface area (TPSA) is 88.6 Å². The van der Waals surface area contributed by atoms with E-state index in [-0.39, 0.29) is 30.6 Å². The van der Waals surface area contributed by atoms with Gasteiger partial charge in [-0.2, -0.15) is 4.98 Å². The van der Waals surface area contributed by atoms with Crippen molar-refractivity contribution in [2.45, 2.75) is 0 Å². The Balaban J connectivity index is 1.97. The van der Waals surface area contributed by atoms with Gasteiger partial charge in [-0.05, 0) is 6.07 Å². The molecule has 0 aliphatic carbocycles. The highest BCUT2D eigenvalue weighted by molar-refractivity contribution is 7.91. The molecule has 2 heterocycles. The van der Waals surface area contributed by atoms with Gasteiger partial charge in [0, 0.05) is 19.2 Å². The molecule has 0 bridgehead atoms. The Morgan fingerprint density at radius 1 is 1.37 bits per heavy atom. The third kappa shape index (κ3) is 3.57. The lowest BCUT2D eigenvalue weighted by atomic mass is 10.4. The second-order valence-corrected chi connectivity index (χ2v) is 6.44. The van der Waals surface area contributed by atoms with Gasteiger partial charge in [0.2, 0.25) is 5.88 Å². The average molecular weight is 285 g/mol. The second-order valence-electron chi connectivity index (χ2n) is 4.13. The van der Waals surface area contributed by atoms with Crippen LogP contribution in [0.25, 0.3) is 0 Å². The van der Waals surface area contributed by atoms with E-state index in [0.29, 0.717) is 11.7 Å². The number of hydrogen-bond acceptors (Lipinski definition) is 5. The van der Waals surface area contributed by atoms with E-state index in [0.717, 1.165) is 0 Å². The highest BCUT2D eigenvalue weighted by atomic mass is 32.2. The van der Waals surface area contributed by atoms with E-state index in [1.165, 1.54) is 12.0 Å². The van der Waals surface area contributed by atoms with E-state index >= 15 is 0 Å². The van der Waals surface area contributed by atoms with Crippen LogP contribution in [-0.4, -0.2) is 56.0 Å². The molecule has 0 atom stereocenters. The number of carbonyl (C=O) groups is 1. The maximum Gasteiger partial charge on any atom is 0.323 e. The van der Waals surface area contributed by atoms with E-state index in [2.05, 4.69) is 10.3 Å². The molecule has 2 rings (SSSR count). The summed E-state index contributed by atoms with van der Waals surface area (Å²) in [5, 5.41) is 2.61. The van der Waals surface area contributed by atoms with E-state index in [9.17, 15) is 13.2 Å². The highest BCUT2D eigenvalue weighted by Crippen LogP contribution is 2.12. The summed E-state index contributed by atoms with van der Waals surface area (Å²) < 4.78 is 27.5. The minimum absolute atomic E-state index is 0.00591. The fourth-order valence-electron chi connectivity index (χ4n) is 1.70. The Kier molecular flexibility index (Phi) is 3.89. The van der Waals surface area contributed by atoms with Crippen LogP contribution < -0.4 is 10.1 Å². The SMILES string of the molecule is COc1cccc(NC(=O)N2CCS(=O)(=O)CC2)n1. The molecule has 1 N–H and O–H groups in total. The Hall–Kier alpha value is -1.83. The number of rotatable bonds is 2. The fourth-order valence-corrected chi connectivity index (χ4v) is 2.90. The number of ether oxygens (including phenoxy) is 1. The van der Waals surface area contributed by atoms with Gasteiger partial charge in [-0.3, -0.25) is 5.32 Å². The number of urea groups is 1. The maximum absolute atomic E-state index is 11.9. The zero-order valence-corrected chi connectivity index (χ0v) is 11.3. The lowest BCUT2D eigenvalue weighted by Gasteiger charge is -2.26. The molecule has 8 heteroatoms. The first-order chi connectivity index (χ1) is 9.00. The van der Waals surface area contributed by atoms with Gasteiger partial charge < -0.3 is 9.64 Å². The van der Waals surface area contributed by atoms with Crippen molar-refractivity contribution < 1.29 is 17.9 Å². The van der Waals surface area contributed by atoms with Crippen molar-refractivity contribution in [1.82, 2.24) is 9.88 Å². The number of aromatic nitrogens is 1. The number of hydrogen-bond donors (Lipinski definition) is 1. The van der Waals surface area contributed by atoms with Gasteiger partial charge in [-0.1, -0.05) is 6.07 Å². The third-order valence-electron chi connectivity index (χ3n) is 2.80. The number of pyridine rings is 1. The van der Waals surface area contributed by atoms with E-state index < -0.39 is 9.84 Å². The maximum atomic E-state index is 11.9. The molecule has 7 nitrogen and oxygen atoms in total. The van der Waals surface area contributed by atoms with Crippen LogP contribution in [0.5, 0.6) is 5.88 Å². The predicted molar refractivity (Wildman–Crippen MR) is 70.0 cm³/mol. The van der Waals surface area contributed by atoms with Gasteiger partial charge in [-0.15, -0.1) is 0 Å². The zero-order chi connectivity index (χ0) is 13.9. The first kappa shape index (κ1) is 13.6. The standard InChI is InChI=1S/C11H15N3O4S/c1-18-10-4-2-3-9(12-10)13-11(15)14-5-7-19(16,17)8-6-14/h2-4H,5-8H2,1H3,(H,12,13,15). The highest BCUT2D eigenvalue weighted by Gasteiger charge is 2.25. The molecule has 1 aliphatic heterocycles. The molecular weight excluding hydrogens is 270 g/mol. The number of amides is 2. The average Bonchev–Trinajstić information content (AvgIpc) is 2.38. The summed E-state index contributed by atoms with van der Waals surface area (Å²) in [5.74, 6) is 0.787. The Bertz CT molecular complexity index is 559. The first-order valence-electron chi connectivity index (χ1n) is 5.77. The molecule has 0 saturated carbocycles. The summed E-state index contributed by atoms with van der Waals surface area (Å²) in [5.41, 5.74) is 0. The monoisotopic (exact) mass is 285 g/mol. The molecule has 1 aliphatic rings. The van der Waals surface area contributed by atoms with Crippen molar-refractivity contribution >= 4 is 21.7 Å². The molecule has 1 aromatic heterocycles. The number of nitrogens with one attached hydrogen (secondary N) is 1. The van der Waals surface area contributed by atoms with Crippen LogP contribution in [-0.2, 0) is 9.84 Å². The quantitative estimate of drug-likeness (QED) is 0.847. The van der Waals surface area contributed by atoms with E-state index in [1.54, 1.807) is 18.2 Å². The minimum Gasteiger partial charge on any atom is -0.481 e. The van der Waals surface area contributed by atoms with E-state index in [4.69, 9.17) is 4.74 Å². The molecule has 1 fully saturated rings. The molecule has 1 saturated heterocycles. The molecular formula is C11H15N3O4S. The predicted octanol–water partition coefficient (Wildman–Crippen LogP) is 0.352. The lowest BCUT2D eigenvalue weighted by Crippen LogP contribution is -2.45. The van der Waals surface area contributed by atoms with Gasteiger partial charge in [0.1, 0.15) is 5.82 Å². The van der Waals surface area contributed by atoms with Crippen molar-refractivity contribution in [3.05, 3.63) is 18.2 Å². The molecule has 0 aromatic carbocycles. The van der Waals surface area contributed by atoms with Gasteiger partial charge in [0.15, 0.2) is 9.84 Å². The van der Waals surface area contributed by atoms with Crippen LogP contribution in [0, 0.1) is 0 Å². The molecule has 0 radical (unpaired) electrons. The number of carbonyl (C=O) groups excluding carboxylic acids is 1. The molecule has 0 spiro atoms. The number of sulfone groups is 1. The summed E-state index contributed by atoms with van der Waals surface area (Å²) in [6.07, 6.45) is 0. The summed E-state index contributed by atoms with van der Waals surface area (Å²) >= 11 is 0. The lowest BCUT2D eigenvalue weighted by molar-refractivity contribution is 0.216. The third-order valence-corrected chi connectivity index (χ3v) is 4.41. The van der Waals surface area contributed by atoms with Crippen molar-refractivity contribution in [1.29, 1.82) is 0 Å². The molecule has 104 valence electrons. The van der Waals surface area contributed by atoms with Crippen molar-refractivity contribution in [3.63, 3.8) is 0 Å². The van der Waals surface area contributed by atoms with Crippen LogP contribution in [0.15, 0.2) is 18.2 Å². The van der Waals surface area contributed by atoms with Crippen molar-refractivity contribution in [2.24, 2.45) is 0 Å². The van der Waals surface area contributed by atoms with Crippen molar-refractivity contribution in [2.75, 3.05) is 37.0 Å². The Morgan fingerprint density at radius 2 is 2.05 bits per heavy atom. The summed E-state index contributed by atoms with van der Waals surface area (Å²) in [6.45, 7) is 0.413. The number of nitrogens with zero attached hydrogens (tertiary/aromatic N) is 2. The number of methoxy groups -OCH3 is 1. The van der Waals surface area contributed by atoms with E-state index in [1.807, 2.05) is 0 Å². The van der Waals surface area contributed by atoms with Gasteiger partial charge in [0.05, 0.1) is 18.6 Å². The second kappa shape index (κ2) is 5.43. The molecule has 0 unspecified atom stereocenters. The fraction of sp³-hybridized carbons (Fsp3) is 0.455. The minimum atomic E-state index is -2.99. The normalized spacial score (nSPS) is 17.8. The van der Waals surface area contributed by atoms with Gasteiger partial charge in [-0.25, -0.2) is 13.2 Å². The summed E-state index contributed by atoms with van der Waals surface area (Å²) in [6, 6.07) is 4.67. The smallest absolute Gasteiger partial charge is 0.323 e. The molecule has 1 aromatic rings. The van der Waals surface area contributed by atoms with Crippen LogP contribution in [0.1, 0.15) is 0 Å².